The first-order chi connectivity index (χ1) is 14.3. The molecule has 30 heavy (non-hydrogen) atoms. The van der Waals surface area contributed by atoms with Gasteiger partial charge in [-0.25, -0.2) is 14.4 Å². The number of alkyl halides is 3. The molecule has 4 N–H and O–H groups in total. The maximum Gasteiger partial charge on any atom is 0.432 e. The van der Waals surface area contributed by atoms with Gasteiger partial charge in [0.05, 0.1) is 22.6 Å². The van der Waals surface area contributed by atoms with Crippen molar-refractivity contribution >= 4 is 40.2 Å². The predicted octanol–water partition coefficient (Wildman–Crippen LogP) is 4.26. The van der Waals surface area contributed by atoms with Crippen LogP contribution in [-0.2, 0) is 12.6 Å². The molecule has 4 aromatic rings. The molecule has 0 saturated heterocycles. The number of H-pyrrole nitrogens is 2. The van der Waals surface area contributed by atoms with Gasteiger partial charge in [0, 0.05) is 19.5 Å². The minimum absolute atomic E-state index is 0.00765. The monoisotopic (exact) mass is 440 g/mol. The van der Waals surface area contributed by atoms with Crippen molar-refractivity contribution in [1.82, 2.24) is 30.1 Å². The van der Waals surface area contributed by atoms with Crippen LogP contribution in [0.3, 0.4) is 0 Å². The summed E-state index contributed by atoms with van der Waals surface area (Å²) < 4.78 is 53.3. The number of halogens is 5. The first kappa shape index (κ1) is 19.9. The summed E-state index contributed by atoms with van der Waals surface area (Å²) >= 11 is 6.37. The van der Waals surface area contributed by atoms with Gasteiger partial charge in [-0.05, 0) is 11.6 Å². The molecule has 3 aromatic heterocycles. The molecule has 4 rings (SSSR count). The van der Waals surface area contributed by atoms with E-state index in [2.05, 4.69) is 35.7 Å². The Labute approximate surface area is 171 Å². The molecule has 13 heteroatoms. The van der Waals surface area contributed by atoms with E-state index in [1.54, 1.807) is 12.1 Å². The van der Waals surface area contributed by atoms with E-state index in [0.29, 0.717) is 22.2 Å². The fourth-order valence-electron chi connectivity index (χ4n) is 2.79. The summed E-state index contributed by atoms with van der Waals surface area (Å²) in [5.41, 5.74) is 0.741. The molecule has 1 aromatic carbocycles. The van der Waals surface area contributed by atoms with Crippen LogP contribution in [0.1, 0.15) is 17.0 Å². The molecule has 0 saturated carbocycles. The summed E-state index contributed by atoms with van der Waals surface area (Å²) in [5, 5.41) is 10.8. The first-order valence-corrected chi connectivity index (χ1v) is 8.88. The van der Waals surface area contributed by atoms with Crippen LogP contribution in [0.4, 0.5) is 35.1 Å². The molecule has 0 radical (unpaired) electrons. The van der Waals surface area contributed by atoms with E-state index in [1.165, 1.54) is 13.4 Å². The van der Waals surface area contributed by atoms with Crippen molar-refractivity contribution in [2.24, 2.45) is 0 Å². The van der Waals surface area contributed by atoms with Crippen LogP contribution in [0.5, 0.6) is 0 Å². The summed E-state index contributed by atoms with van der Waals surface area (Å²) in [7, 11) is 1.53. The normalized spacial score (nSPS) is 11.8. The lowest BCUT2D eigenvalue weighted by atomic mass is 10.1. The minimum atomic E-state index is -4.61. The van der Waals surface area contributed by atoms with Crippen LogP contribution in [0, 0.1) is 5.82 Å². The van der Waals surface area contributed by atoms with E-state index in [9.17, 15) is 13.2 Å². The number of hydrogen-bond acceptors (Lipinski definition) is 6. The predicted molar refractivity (Wildman–Crippen MR) is 102 cm³/mol. The molecule has 0 aliphatic carbocycles. The number of anilines is 3. The van der Waals surface area contributed by atoms with E-state index >= 15 is 4.39 Å². The van der Waals surface area contributed by atoms with E-state index < -0.39 is 17.7 Å². The zero-order chi connectivity index (χ0) is 21.5. The van der Waals surface area contributed by atoms with Crippen molar-refractivity contribution in [3.05, 3.63) is 52.3 Å². The molecule has 156 valence electrons. The first-order valence-electron chi connectivity index (χ1n) is 8.50. The minimum Gasteiger partial charge on any atom is -0.357 e. The van der Waals surface area contributed by atoms with Gasteiger partial charge in [0.2, 0.25) is 5.95 Å². The van der Waals surface area contributed by atoms with Crippen molar-refractivity contribution < 1.29 is 17.6 Å². The number of nitrogens with zero attached hydrogens (tertiary/aromatic N) is 4. The molecule has 0 amide bonds. The lowest BCUT2D eigenvalue weighted by Gasteiger charge is -2.11. The Hall–Kier alpha value is -3.41. The highest BCUT2D eigenvalue weighted by molar-refractivity contribution is 6.35. The number of aromatic amines is 2. The Morgan fingerprint density at radius 2 is 2.00 bits per heavy atom. The van der Waals surface area contributed by atoms with Crippen LogP contribution in [-0.4, -0.2) is 37.2 Å². The smallest absolute Gasteiger partial charge is 0.357 e. The summed E-state index contributed by atoms with van der Waals surface area (Å²) in [6.45, 7) is 0. The van der Waals surface area contributed by atoms with Crippen molar-refractivity contribution in [3.63, 3.8) is 0 Å². The number of aromatic nitrogens is 6. The molecule has 0 spiro atoms. The van der Waals surface area contributed by atoms with Crippen LogP contribution < -0.4 is 10.6 Å². The molecular weight excluding hydrogens is 428 g/mol. The zero-order valence-electron chi connectivity index (χ0n) is 15.2. The second kappa shape index (κ2) is 7.44. The molecule has 0 aliphatic rings. The van der Waals surface area contributed by atoms with Crippen molar-refractivity contribution in [1.29, 1.82) is 0 Å². The van der Waals surface area contributed by atoms with Gasteiger partial charge in [0.1, 0.15) is 11.2 Å². The molecule has 0 unspecified atom stereocenters. The van der Waals surface area contributed by atoms with Gasteiger partial charge < -0.3 is 15.6 Å². The number of imidazole rings is 1. The Morgan fingerprint density at radius 1 is 1.20 bits per heavy atom. The third-order valence-electron chi connectivity index (χ3n) is 4.24. The molecule has 0 atom stereocenters. The zero-order valence-corrected chi connectivity index (χ0v) is 16.0. The van der Waals surface area contributed by atoms with E-state index in [1.807, 2.05) is 5.10 Å². The second-order valence-corrected chi connectivity index (χ2v) is 6.59. The fraction of sp³-hybridized carbons (Fsp3) is 0.176. The van der Waals surface area contributed by atoms with Gasteiger partial charge in [-0.3, -0.25) is 5.10 Å². The third-order valence-corrected chi connectivity index (χ3v) is 4.66. The topological polar surface area (TPSA) is 107 Å². The van der Waals surface area contributed by atoms with Gasteiger partial charge >= 0.3 is 6.18 Å². The quantitative estimate of drug-likeness (QED) is 0.345. The molecule has 0 fully saturated rings. The van der Waals surface area contributed by atoms with Gasteiger partial charge in [-0.2, -0.15) is 23.3 Å². The van der Waals surface area contributed by atoms with Gasteiger partial charge in [0.15, 0.2) is 17.5 Å². The lowest BCUT2D eigenvalue weighted by Crippen LogP contribution is -2.09. The van der Waals surface area contributed by atoms with E-state index in [-0.39, 0.29) is 29.7 Å². The Morgan fingerprint density at radius 3 is 2.70 bits per heavy atom. The van der Waals surface area contributed by atoms with Crippen LogP contribution in [0.25, 0.3) is 11.0 Å². The van der Waals surface area contributed by atoms with Crippen molar-refractivity contribution in [2.45, 2.75) is 12.6 Å². The molecule has 8 nitrogen and oxygen atoms in total. The largest absolute Gasteiger partial charge is 0.432 e. The lowest BCUT2D eigenvalue weighted by molar-refractivity contribution is -0.141. The highest BCUT2D eigenvalue weighted by atomic mass is 35.5. The molecule has 0 bridgehead atoms. The molecule has 3 heterocycles. The van der Waals surface area contributed by atoms with Crippen LogP contribution in [0.2, 0.25) is 5.02 Å². The Bertz CT molecular complexity index is 1220. The Kier molecular flexibility index (Phi) is 4.94. The fourth-order valence-corrected chi connectivity index (χ4v) is 3.07. The summed E-state index contributed by atoms with van der Waals surface area (Å²) in [6, 6.07) is 4.17. The van der Waals surface area contributed by atoms with Gasteiger partial charge in [-0.15, -0.1) is 0 Å². The number of hydrogen-bond donors (Lipinski definition) is 4. The van der Waals surface area contributed by atoms with Gasteiger partial charge in [-0.1, -0.05) is 17.7 Å². The third kappa shape index (κ3) is 3.73. The second-order valence-electron chi connectivity index (χ2n) is 6.21. The number of benzene rings is 1. The Balaban J connectivity index is 1.68. The van der Waals surface area contributed by atoms with E-state index in [0.717, 1.165) is 5.52 Å². The average Bonchev–Trinajstić information content (AvgIpc) is 3.36. The molecular formula is C17H13ClF4N8. The molecule has 0 aliphatic heterocycles. The number of nitrogens with one attached hydrogen (secondary N) is 4. The maximum absolute atomic E-state index is 15.0. The standard InChI is InChI=1S/C17H13ClF4N8/c1-23-16-26-9(4-7-2-3-8-14(12(7)18)25-6-24-8)13(19)15(28-16)27-11-5-10(29-30-11)17(20,21)22/h2-3,5-6H,4H2,1H3,(H,24,25)(H3,23,26,27,28,29,30). The maximum atomic E-state index is 15.0. The summed E-state index contributed by atoms with van der Waals surface area (Å²) in [4.78, 5) is 15.1. The van der Waals surface area contributed by atoms with Crippen LogP contribution in [0.15, 0.2) is 24.5 Å². The van der Waals surface area contributed by atoms with Crippen molar-refractivity contribution in [2.75, 3.05) is 17.7 Å². The number of rotatable bonds is 5. The number of fused-ring (bicyclic) bond motifs is 1. The summed E-state index contributed by atoms with van der Waals surface area (Å²) in [5.74, 6) is -1.35. The van der Waals surface area contributed by atoms with Gasteiger partial charge in [0.25, 0.3) is 0 Å². The van der Waals surface area contributed by atoms with Crippen LogP contribution >= 0.6 is 11.6 Å². The highest BCUT2D eigenvalue weighted by Gasteiger charge is 2.33. The van der Waals surface area contributed by atoms with Crippen molar-refractivity contribution in [3.8, 4) is 0 Å². The van der Waals surface area contributed by atoms with E-state index in [4.69, 9.17) is 11.6 Å². The summed E-state index contributed by atoms with van der Waals surface area (Å²) in [6.07, 6.45) is -3.11. The highest BCUT2D eigenvalue weighted by Crippen LogP contribution is 2.31. The average molecular weight is 441 g/mol. The SMILES string of the molecule is CNc1nc(Cc2ccc3[nH]cnc3c2Cl)c(F)c(Nc2cc(C(F)(F)F)[nH]n2)n1.